The van der Waals surface area contributed by atoms with E-state index >= 15 is 0 Å². The summed E-state index contributed by atoms with van der Waals surface area (Å²) in [6.07, 6.45) is 3.35. The molecule has 0 saturated heterocycles. The summed E-state index contributed by atoms with van der Waals surface area (Å²) in [5.41, 5.74) is -0.490. The molecule has 6 heteroatoms. The molecule has 0 aliphatic heterocycles. The molecule has 0 aromatic carbocycles. The van der Waals surface area contributed by atoms with Crippen molar-refractivity contribution in [1.82, 2.24) is 10.6 Å². The first-order chi connectivity index (χ1) is 9.71. The maximum atomic E-state index is 11.8. The molecular formula is C15H28N2O4. The van der Waals surface area contributed by atoms with Crippen LogP contribution in [0, 0.1) is 0 Å². The van der Waals surface area contributed by atoms with E-state index in [0.29, 0.717) is 0 Å². The second-order valence-electron chi connectivity index (χ2n) is 6.62. The Labute approximate surface area is 126 Å². The standard InChI is InChI=1S/C15H28N2O4/c1-10(13(18)20-5)16-11-7-6-8-12(9-11)17-14(19)21-15(2,3)4/h10-12,16H,6-9H2,1-5H3,(H,17,19)/t10-,11?,12?/m0/s1. The summed E-state index contributed by atoms with van der Waals surface area (Å²) in [6, 6.07) is -0.0518. The van der Waals surface area contributed by atoms with Gasteiger partial charge in [-0.15, -0.1) is 0 Å². The zero-order chi connectivity index (χ0) is 16.0. The lowest BCUT2D eigenvalue weighted by Gasteiger charge is -2.32. The van der Waals surface area contributed by atoms with Crippen LogP contribution in [-0.4, -0.2) is 42.9 Å². The van der Waals surface area contributed by atoms with Crippen LogP contribution >= 0.6 is 0 Å². The second-order valence-corrected chi connectivity index (χ2v) is 6.62. The molecule has 0 heterocycles. The molecule has 0 aromatic rings. The van der Waals surface area contributed by atoms with E-state index in [2.05, 4.69) is 10.6 Å². The highest BCUT2D eigenvalue weighted by Crippen LogP contribution is 2.20. The van der Waals surface area contributed by atoms with Gasteiger partial charge in [0.2, 0.25) is 0 Å². The molecule has 0 spiro atoms. The third-order valence-corrected chi connectivity index (χ3v) is 3.44. The first-order valence-corrected chi connectivity index (χ1v) is 7.54. The van der Waals surface area contributed by atoms with Crippen LogP contribution in [0.1, 0.15) is 53.4 Å². The van der Waals surface area contributed by atoms with E-state index in [-0.39, 0.29) is 30.2 Å². The van der Waals surface area contributed by atoms with Crippen LogP contribution in [0.3, 0.4) is 0 Å². The normalized spacial score (nSPS) is 24.0. The van der Waals surface area contributed by atoms with Crippen molar-refractivity contribution < 1.29 is 19.1 Å². The zero-order valence-electron chi connectivity index (χ0n) is 13.7. The van der Waals surface area contributed by atoms with Crippen molar-refractivity contribution in [2.24, 2.45) is 0 Å². The predicted octanol–water partition coefficient (Wildman–Crippen LogP) is 1.97. The third-order valence-electron chi connectivity index (χ3n) is 3.44. The topological polar surface area (TPSA) is 76.7 Å². The Hall–Kier alpha value is -1.30. The number of hydrogen-bond donors (Lipinski definition) is 2. The second kappa shape index (κ2) is 7.64. The molecule has 2 unspecified atom stereocenters. The maximum Gasteiger partial charge on any atom is 0.407 e. The minimum absolute atomic E-state index is 0.0796. The average Bonchev–Trinajstić information content (AvgIpc) is 2.35. The van der Waals surface area contributed by atoms with Crippen LogP contribution in [0.15, 0.2) is 0 Å². The van der Waals surface area contributed by atoms with E-state index in [1.165, 1.54) is 7.11 Å². The number of nitrogens with one attached hydrogen (secondary N) is 2. The molecule has 0 radical (unpaired) electrons. The number of alkyl carbamates (subject to hydrolysis) is 1. The van der Waals surface area contributed by atoms with Crippen LogP contribution < -0.4 is 10.6 Å². The summed E-state index contributed by atoms with van der Waals surface area (Å²) < 4.78 is 9.98. The van der Waals surface area contributed by atoms with Gasteiger partial charge in [-0.3, -0.25) is 4.79 Å². The first kappa shape index (κ1) is 17.8. The number of ether oxygens (including phenoxy) is 2. The summed E-state index contributed by atoms with van der Waals surface area (Å²) in [5.74, 6) is -0.266. The fourth-order valence-electron chi connectivity index (χ4n) is 2.54. The van der Waals surface area contributed by atoms with Gasteiger partial charge in [-0.25, -0.2) is 4.79 Å². The van der Waals surface area contributed by atoms with Gasteiger partial charge < -0.3 is 20.1 Å². The summed E-state index contributed by atoms with van der Waals surface area (Å²) in [6.45, 7) is 7.32. The number of methoxy groups -OCH3 is 1. The molecule has 2 N–H and O–H groups in total. The van der Waals surface area contributed by atoms with Crippen LogP contribution in [0.25, 0.3) is 0 Å². The Kier molecular flexibility index (Phi) is 6.45. The summed E-state index contributed by atoms with van der Waals surface area (Å²) >= 11 is 0. The van der Waals surface area contributed by atoms with Gasteiger partial charge in [0.1, 0.15) is 11.6 Å². The molecule has 1 saturated carbocycles. The van der Waals surface area contributed by atoms with E-state index in [1.54, 1.807) is 6.92 Å². The van der Waals surface area contributed by atoms with Crippen LogP contribution in [0.5, 0.6) is 0 Å². The molecule has 6 nitrogen and oxygen atoms in total. The Morgan fingerprint density at radius 3 is 2.38 bits per heavy atom. The fourth-order valence-corrected chi connectivity index (χ4v) is 2.54. The molecule has 1 fully saturated rings. The van der Waals surface area contributed by atoms with Crippen LogP contribution in [-0.2, 0) is 14.3 Å². The number of carbonyl (C=O) groups is 2. The van der Waals surface area contributed by atoms with Crippen molar-refractivity contribution in [2.45, 2.75) is 77.1 Å². The van der Waals surface area contributed by atoms with Crippen molar-refractivity contribution in [3.05, 3.63) is 0 Å². The number of esters is 1. The Morgan fingerprint density at radius 1 is 1.19 bits per heavy atom. The van der Waals surface area contributed by atoms with Gasteiger partial charge in [0.15, 0.2) is 0 Å². The fraction of sp³-hybridized carbons (Fsp3) is 0.867. The van der Waals surface area contributed by atoms with Gasteiger partial charge in [-0.1, -0.05) is 0 Å². The highest BCUT2D eigenvalue weighted by molar-refractivity contribution is 5.75. The van der Waals surface area contributed by atoms with Crippen molar-refractivity contribution in [3.8, 4) is 0 Å². The smallest absolute Gasteiger partial charge is 0.407 e. The molecule has 122 valence electrons. The molecular weight excluding hydrogens is 272 g/mol. The predicted molar refractivity (Wildman–Crippen MR) is 80.0 cm³/mol. The molecule has 1 amide bonds. The Bertz CT molecular complexity index is 365. The lowest BCUT2D eigenvalue weighted by atomic mass is 9.90. The van der Waals surface area contributed by atoms with Gasteiger partial charge >= 0.3 is 12.1 Å². The number of carbonyl (C=O) groups excluding carboxylic acids is 2. The molecule has 3 atom stereocenters. The first-order valence-electron chi connectivity index (χ1n) is 7.54. The molecule has 21 heavy (non-hydrogen) atoms. The van der Waals surface area contributed by atoms with Gasteiger partial charge in [-0.05, 0) is 53.4 Å². The van der Waals surface area contributed by atoms with Gasteiger partial charge in [-0.2, -0.15) is 0 Å². The third kappa shape index (κ3) is 6.80. The van der Waals surface area contributed by atoms with Gasteiger partial charge in [0, 0.05) is 12.1 Å². The monoisotopic (exact) mass is 300 g/mol. The maximum absolute atomic E-state index is 11.8. The number of amides is 1. The van der Waals surface area contributed by atoms with Crippen LogP contribution in [0.2, 0.25) is 0 Å². The van der Waals surface area contributed by atoms with E-state index in [1.807, 2.05) is 20.8 Å². The zero-order valence-corrected chi connectivity index (χ0v) is 13.7. The highest BCUT2D eigenvalue weighted by Gasteiger charge is 2.27. The summed E-state index contributed by atoms with van der Waals surface area (Å²) in [5, 5.41) is 6.16. The average molecular weight is 300 g/mol. The van der Waals surface area contributed by atoms with Crippen molar-refractivity contribution in [1.29, 1.82) is 0 Å². The number of hydrogen-bond acceptors (Lipinski definition) is 5. The van der Waals surface area contributed by atoms with E-state index in [9.17, 15) is 9.59 Å². The minimum atomic E-state index is -0.490. The van der Waals surface area contributed by atoms with Gasteiger partial charge in [0.25, 0.3) is 0 Å². The quantitative estimate of drug-likeness (QED) is 0.776. The molecule has 1 rings (SSSR count). The van der Waals surface area contributed by atoms with Crippen molar-refractivity contribution in [3.63, 3.8) is 0 Å². The van der Waals surface area contributed by atoms with E-state index in [4.69, 9.17) is 9.47 Å². The van der Waals surface area contributed by atoms with Gasteiger partial charge in [0.05, 0.1) is 7.11 Å². The van der Waals surface area contributed by atoms with Crippen LogP contribution in [0.4, 0.5) is 4.79 Å². The van der Waals surface area contributed by atoms with E-state index < -0.39 is 5.60 Å². The molecule has 0 aromatic heterocycles. The minimum Gasteiger partial charge on any atom is -0.468 e. The Morgan fingerprint density at radius 2 is 1.81 bits per heavy atom. The summed E-state index contributed by atoms with van der Waals surface area (Å²) in [7, 11) is 1.38. The van der Waals surface area contributed by atoms with Crippen molar-refractivity contribution >= 4 is 12.1 Å². The lowest BCUT2D eigenvalue weighted by molar-refractivity contribution is -0.142. The highest BCUT2D eigenvalue weighted by atomic mass is 16.6. The lowest BCUT2D eigenvalue weighted by Crippen LogP contribution is -2.49. The molecule has 1 aliphatic carbocycles. The summed E-state index contributed by atoms with van der Waals surface area (Å²) in [4.78, 5) is 23.2. The van der Waals surface area contributed by atoms with Crippen molar-refractivity contribution in [2.75, 3.05) is 7.11 Å². The number of rotatable bonds is 4. The Balaban J connectivity index is 2.42. The largest absolute Gasteiger partial charge is 0.468 e. The molecule has 0 bridgehead atoms. The SMILES string of the molecule is COC(=O)[C@H](C)NC1CCCC(NC(=O)OC(C)(C)C)C1. The van der Waals surface area contributed by atoms with E-state index in [0.717, 1.165) is 25.7 Å². The molecule has 1 aliphatic rings.